The smallest absolute Gasteiger partial charge is 0.205 e. The van der Waals surface area contributed by atoms with Gasteiger partial charge in [0.05, 0.1) is 33.2 Å². The van der Waals surface area contributed by atoms with Crippen LogP contribution >= 0.6 is 11.3 Å². The second-order valence-electron chi connectivity index (χ2n) is 8.58. The van der Waals surface area contributed by atoms with E-state index in [0.29, 0.717) is 40.2 Å². The number of quaternary nitrogens is 1. The molecule has 0 radical (unpaired) electrons. The molecule has 1 aliphatic heterocycles. The molecule has 5 rings (SSSR count). The van der Waals surface area contributed by atoms with Crippen molar-refractivity contribution in [3.05, 3.63) is 52.2 Å². The van der Waals surface area contributed by atoms with E-state index in [0.717, 1.165) is 23.1 Å². The third-order valence-electron chi connectivity index (χ3n) is 6.59. The van der Waals surface area contributed by atoms with Crippen molar-refractivity contribution < 1.29 is 14.4 Å². The van der Waals surface area contributed by atoms with Crippen LogP contribution < -0.4 is 16.1 Å². The summed E-state index contributed by atoms with van der Waals surface area (Å²) in [5.74, 6) is 0.179. The maximum Gasteiger partial charge on any atom is 0.205 e. The van der Waals surface area contributed by atoms with Gasteiger partial charge in [0.1, 0.15) is 22.9 Å². The van der Waals surface area contributed by atoms with E-state index in [1.807, 2.05) is 24.3 Å². The van der Waals surface area contributed by atoms with Crippen LogP contribution in [0.15, 0.2) is 45.6 Å². The van der Waals surface area contributed by atoms with Gasteiger partial charge in [-0.1, -0.05) is 12.1 Å². The number of anilines is 1. The predicted molar refractivity (Wildman–Crippen MR) is 125 cm³/mol. The molecule has 0 saturated carbocycles. The van der Waals surface area contributed by atoms with Crippen molar-refractivity contribution >= 4 is 38.4 Å². The molecule has 0 unspecified atom stereocenters. The lowest BCUT2D eigenvalue weighted by molar-refractivity contribution is -0.964. The number of nitrogens with zero attached hydrogens (tertiary/aromatic N) is 1. The van der Waals surface area contributed by atoms with Gasteiger partial charge in [-0.05, 0) is 57.4 Å². The van der Waals surface area contributed by atoms with Gasteiger partial charge in [-0.15, -0.1) is 11.3 Å². The van der Waals surface area contributed by atoms with Crippen molar-refractivity contribution in [2.75, 3.05) is 5.73 Å². The number of fused-ring (bicyclic) bond motifs is 2. The number of aromatic hydroxyl groups is 1. The first-order valence-corrected chi connectivity index (χ1v) is 11.5. The molecule has 31 heavy (non-hydrogen) atoms. The molecule has 4 N–H and O–H groups in total. The maximum atomic E-state index is 13.4. The number of piperidine rings is 1. The Hall–Kier alpha value is -2.90. The van der Waals surface area contributed by atoms with Gasteiger partial charge in [-0.3, -0.25) is 4.79 Å². The fourth-order valence-electron chi connectivity index (χ4n) is 4.81. The van der Waals surface area contributed by atoms with E-state index >= 15 is 0 Å². The largest absolute Gasteiger partial charge is 0.507 e. The van der Waals surface area contributed by atoms with Crippen LogP contribution in [0, 0.1) is 0 Å². The number of rotatable bonds is 3. The second-order valence-corrected chi connectivity index (χ2v) is 9.61. The van der Waals surface area contributed by atoms with Crippen molar-refractivity contribution in [1.82, 2.24) is 4.98 Å². The van der Waals surface area contributed by atoms with Gasteiger partial charge in [-0.2, -0.15) is 0 Å². The highest BCUT2D eigenvalue weighted by Gasteiger charge is 2.31. The molecule has 0 spiro atoms. The molecular weight excluding hydrogens is 410 g/mol. The third-order valence-corrected chi connectivity index (χ3v) is 7.65. The first kappa shape index (κ1) is 20.0. The Labute approximate surface area is 183 Å². The molecular formula is C24H26N3O3S+. The van der Waals surface area contributed by atoms with Crippen molar-refractivity contribution in [3.8, 4) is 16.3 Å². The quantitative estimate of drug-likeness (QED) is 0.455. The predicted octanol–water partition coefficient (Wildman–Crippen LogP) is 3.70. The Balaban J connectivity index is 1.66. The second kappa shape index (κ2) is 7.66. The number of nitrogens with one attached hydrogen (secondary N) is 1. The van der Waals surface area contributed by atoms with E-state index in [9.17, 15) is 9.90 Å². The Kier molecular flexibility index (Phi) is 4.95. The first-order chi connectivity index (χ1) is 14.9. The molecule has 160 valence electrons. The number of phenolic OH excluding ortho intramolecular Hbond substituents is 1. The number of benzene rings is 2. The number of aromatic nitrogens is 1. The summed E-state index contributed by atoms with van der Waals surface area (Å²) in [5.41, 5.74) is 8.18. The molecule has 0 bridgehead atoms. The number of nitrogens with two attached hydrogens (primary N) is 1. The van der Waals surface area contributed by atoms with Crippen LogP contribution in [0.2, 0.25) is 0 Å². The Bertz CT molecular complexity index is 1300. The number of nitrogen functional groups attached to an aromatic ring is 1. The number of hydrogen-bond acceptors (Lipinski definition) is 6. The standard InChI is InChI=1S/C24H25N3O3S/c1-13-6-5-7-14(2)27(13)12-16-18(28)11-10-15-21(29)20(23(25)30-22(15)16)24-26-17-8-3-4-9-19(17)31-24/h3-4,8-11,13-14,28H,5-7,12,25H2,1-2H3/p+1/t13-,14-/m0/s1. The van der Waals surface area contributed by atoms with Gasteiger partial charge >= 0.3 is 0 Å². The number of likely N-dealkylation sites (tertiary alicyclic amines) is 1. The summed E-state index contributed by atoms with van der Waals surface area (Å²) in [5, 5.41) is 11.6. The van der Waals surface area contributed by atoms with Crippen molar-refractivity contribution in [2.45, 2.75) is 51.7 Å². The monoisotopic (exact) mass is 436 g/mol. The summed E-state index contributed by atoms with van der Waals surface area (Å²) in [6.45, 7) is 5.07. The fraction of sp³-hybridized carbons (Fsp3) is 0.333. The Morgan fingerprint density at radius 3 is 2.68 bits per heavy atom. The number of hydrogen-bond donors (Lipinski definition) is 3. The van der Waals surface area contributed by atoms with Crippen LogP contribution in [0.3, 0.4) is 0 Å². The SMILES string of the molecule is C[C@H]1CCC[C@H](C)[NH+]1Cc1c(O)ccc2c(=O)c(-c3nc4ccccc4s3)c(N)oc12. The zero-order chi connectivity index (χ0) is 21.7. The normalized spacial score (nSPS) is 19.9. The van der Waals surface area contributed by atoms with Crippen molar-refractivity contribution in [1.29, 1.82) is 0 Å². The molecule has 1 aliphatic rings. The Morgan fingerprint density at radius 2 is 1.94 bits per heavy atom. The highest BCUT2D eigenvalue weighted by Crippen LogP contribution is 2.35. The molecule has 0 amide bonds. The summed E-state index contributed by atoms with van der Waals surface area (Å²) in [6, 6.07) is 11.9. The fourth-order valence-corrected chi connectivity index (χ4v) is 5.82. The van der Waals surface area contributed by atoms with Crippen LogP contribution in [-0.4, -0.2) is 22.2 Å². The maximum absolute atomic E-state index is 13.4. The Morgan fingerprint density at radius 1 is 1.19 bits per heavy atom. The van der Waals surface area contributed by atoms with Crippen LogP contribution in [0.25, 0.3) is 31.8 Å². The van der Waals surface area contributed by atoms with Crippen LogP contribution in [0.1, 0.15) is 38.7 Å². The van der Waals surface area contributed by atoms with Crippen LogP contribution in [0.4, 0.5) is 5.88 Å². The summed E-state index contributed by atoms with van der Waals surface area (Å²) in [7, 11) is 0. The molecule has 0 aliphatic carbocycles. The van der Waals surface area contributed by atoms with E-state index in [4.69, 9.17) is 10.2 Å². The molecule has 2 aromatic heterocycles. The van der Waals surface area contributed by atoms with Crippen molar-refractivity contribution in [3.63, 3.8) is 0 Å². The molecule has 2 aromatic carbocycles. The molecule has 2 atom stereocenters. The van der Waals surface area contributed by atoms with E-state index in [1.165, 1.54) is 22.7 Å². The van der Waals surface area contributed by atoms with E-state index in [-0.39, 0.29) is 22.6 Å². The molecule has 3 heterocycles. The minimum atomic E-state index is -0.214. The van der Waals surface area contributed by atoms with Crippen molar-refractivity contribution in [2.24, 2.45) is 0 Å². The lowest BCUT2D eigenvalue weighted by atomic mass is 9.96. The molecule has 7 heteroatoms. The minimum absolute atomic E-state index is 0.0400. The summed E-state index contributed by atoms with van der Waals surface area (Å²) < 4.78 is 7.00. The number of phenols is 1. The van der Waals surface area contributed by atoms with Crippen LogP contribution in [0.5, 0.6) is 5.75 Å². The van der Waals surface area contributed by atoms with Gasteiger partial charge in [0.2, 0.25) is 11.3 Å². The molecule has 1 saturated heterocycles. The minimum Gasteiger partial charge on any atom is -0.507 e. The van der Waals surface area contributed by atoms with E-state index in [1.54, 1.807) is 12.1 Å². The first-order valence-electron chi connectivity index (χ1n) is 10.7. The van der Waals surface area contributed by atoms with E-state index in [2.05, 4.69) is 18.8 Å². The average molecular weight is 437 g/mol. The van der Waals surface area contributed by atoms with Gasteiger partial charge < -0.3 is 20.2 Å². The number of thiazole rings is 1. The zero-order valence-corrected chi connectivity index (χ0v) is 18.5. The summed E-state index contributed by atoms with van der Waals surface area (Å²) in [6.07, 6.45) is 3.53. The van der Waals surface area contributed by atoms with Gasteiger partial charge in [-0.25, -0.2) is 4.98 Å². The van der Waals surface area contributed by atoms with Crippen LogP contribution in [-0.2, 0) is 6.54 Å². The molecule has 6 nitrogen and oxygen atoms in total. The average Bonchev–Trinajstić information content (AvgIpc) is 3.16. The summed E-state index contributed by atoms with van der Waals surface area (Å²) >= 11 is 1.42. The third kappa shape index (κ3) is 3.38. The highest BCUT2D eigenvalue weighted by atomic mass is 32.1. The number of para-hydroxylation sites is 1. The summed E-state index contributed by atoms with van der Waals surface area (Å²) in [4.78, 5) is 19.4. The van der Waals surface area contributed by atoms with Gasteiger partial charge in [0.15, 0.2) is 5.58 Å². The zero-order valence-electron chi connectivity index (χ0n) is 17.6. The highest BCUT2D eigenvalue weighted by molar-refractivity contribution is 7.21. The topological polar surface area (TPSA) is 93.8 Å². The molecule has 4 aromatic rings. The lowest BCUT2D eigenvalue weighted by Gasteiger charge is -2.36. The van der Waals surface area contributed by atoms with Gasteiger partial charge in [0.25, 0.3) is 0 Å². The molecule has 1 fully saturated rings. The lowest BCUT2D eigenvalue weighted by Crippen LogP contribution is -3.18. The van der Waals surface area contributed by atoms with E-state index < -0.39 is 0 Å². The van der Waals surface area contributed by atoms with Gasteiger partial charge in [0, 0.05) is 0 Å².